The molecule has 3 atom stereocenters. The van der Waals surface area contributed by atoms with Crippen LogP contribution in [-0.2, 0) is 0 Å². The van der Waals surface area contributed by atoms with E-state index in [1.54, 1.807) is 0 Å². The van der Waals surface area contributed by atoms with Crippen LogP contribution in [0.25, 0.3) is 0 Å². The number of nitrogens with one attached hydrogen (secondary N) is 2. The van der Waals surface area contributed by atoms with Crippen molar-refractivity contribution in [3.63, 3.8) is 0 Å². The summed E-state index contributed by atoms with van der Waals surface area (Å²) in [6.07, 6.45) is 6.95. The average Bonchev–Trinajstić information content (AvgIpc) is 2.85. The van der Waals surface area contributed by atoms with Gasteiger partial charge < -0.3 is 10.6 Å². The molecule has 1 aliphatic carbocycles. The van der Waals surface area contributed by atoms with Crippen LogP contribution in [0, 0.1) is 0 Å². The van der Waals surface area contributed by atoms with E-state index < -0.39 is 0 Å². The summed E-state index contributed by atoms with van der Waals surface area (Å²) in [5.74, 6) is 1.28. The van der Waals surface area contributed by atoms with Crippen molar-refractivity contribution < 1.29 is 0 Å². The highest BCUT2D eigenvalue weighted by atomic mass is 32.2. The minimum Gasteiger partial charge on any atom is -0.313 e. The lowest BCUT2D eigenvalue weighted by Gasteiger charge is -2.16. The first-order chi connectivity index (χ1) is 7.38. The molecule has 0 aromatic rings. The standard InChI is InChI=1S/C12H24N2S/c1-2-15-12-6-5-10(8-12)14-9-11-4-3-7-13-11/h10-14H,2-9H2,1H3. The molecule has 2 fully saturated rings. The van der Waals surface area contributed by atoms with Crippen LogP contribution in [0.1, 0.15) is 39.0 Å². The van der Waals surface area contributed by atoms with E-state index in [2.05, 4.69) is 29.3 Å². The largest absolute Gasteiger partial charge is 0.313 e. The van der Waals surface area contributed by atoms with Gasteiger partial charge in [0.1, 0.15) is 0 Å². The highest BCUT2D eigenvalue weighted by Gasteiger charge is 2.25. The Morgan fingerprint density at radius 2 is 2.27 bits per heavy atom. The molecule has 0 aromatic carbocycles. The highest BCUT2D eigenvalue weighted by molar-refractivity contribution is 7.99. The van der Waals surface area contributed by atoms with Gasteiger partial charge in [-0.15, -0.1) is 0 Å². The van der Waals surface area contributed by atoms with Crippen molar-refractivity contribution in [3.05, 3.63) is 0 Å². The minimum atomic E-state index is 0.753. The minimum absolute atomic E-state index is 0.753. The Hall–Kier alpha value is 0.270. The Labute approximate surface area is 98.0 Å². The van der Waals surface area contributed by atoms with E-state index in [1.807, 2.05) is 0 Å². The van der Waals surface area contributed by atoms with E-state index >= 15 is 0 Å². The Kier molecular flexibility index (Phi) is 4.79. The molecule has 1 heterocycles. The zero-order chi connectivity index (χ0) is 10.5. The summed E-state index contributed by atoms with van der Waals surface area (Å²) >= 11 is 2.15. The van der Waals surface area contributed by atoms with Crippen molar-refractivity contribution >= 4 is 11.8 Å². The Balaban J connectivity index is 1.59. The zero-order valence-electron chi connectivity index (χ0n) is 9.80. The first kappa shape index (κ1) is 11.7. The normalized spacial score (nSPS) is 36.2. The van der Waals surface area contributed by atoms with Gasteiger partial charge in [0, 0.05) is 23.9 Å². The summed E-state index contributed by atoms with van der Waals surface area (Å²) in [7, 11) is 0. The Morgan fingerprint density at radius 3 is 3.00 bits per heavy atom. The molecule has 0 spiro atoms. The molecule has 2 rings (SSSR count). The van der Waals surface area contributed by atoms with Crippen molar-refractivity contribution in [2.45, 2.75) is 56.4 Å². The van der Waals surface area contributed by atoms with Gasteiger partial charge in [0.25, 0.3) is 0 Å². The monoisotopic (exact) mass is 228 g/mol. The van der Waals surface area contributed by atoms with Crippen LogP contribution < -0.4 is 10.6 Å². The topological polar surface area (TPSA) is 24.1 Å². The highest BCUT2D eigenvalue weighted by Crippen LogP contribution is 2.29. The lowest BCUT2D eigenvalue weighted by atomic mass is 10.2. The molecule has 3 heteroatoms. The third kappa shape index (κ3) is 3.65. The third-order valence-corrected chi connectivity index (χ3v) is 4.84. The molecule has 0 radical (unpaired) electrons. The van der Waals surface area contributed by atoms with Crippen molar-refractivity contribution in [1.29, 1.82) is 0 Å². The van der Waals surface area contributed by atoms with Crippen molar-refractivity contribution in [3.8, 4) is 0 Å². The number of hydrogen-bond acceptors (Lipinski definition) is 3. The number of rotatable bonds is 5. The van der Waals surface area contributed by atoms with Crippen LogP contribution in [0.3, 0.4) is 0 Å². The van der Waals surface area contributed by atoms with Gasteiger partial charge in [-0.05, 0) is 44.4 Å². The van der Waals surface area contributed by atoms with Crippen molar-refractivity contribution in [2.24, 2.45) is 0 Å². The second kappa shape index (κ2) is 6.12. The van der Waals surface area contributed by atoms with Gasteiger partial charge in [0.2, 0.25) is 0 Å². The fourth-order valence-electron chi connectivity index (χ4n) is 2.75. The molecule has 1 saturated carbocycles. The first-order valence-electron chi connectivity index (χ1n) is 6.47. The lowest BCUT2D eigenvalue weighted by Crippen LogP contribution is -2.38. The van der Waals surface area contributed by atoms with Gasteiger partial charge in [-0.3, -0.25) is 0 Å². The maximum atomic E-state index is 3.74. The fourth-order valence-corrected chi connectivity index (χ4v) is 3.90. The van der Waals surface area contributed by atoms with Gasteiger partial charge in [-0.2, -0.15) is 11.8 Å². The number of hydrogen-bond donors (Lipinski definition) is 2. The summed E-state index contributed by atoms with van der Waals surface area (Å²) in [4.78, 5) is 0. The molecule has 2 N–H and O–H groups in total. The van der Waals surface area contributed by atoms with Gasteiger partial charge in [0.15, 0.2) is 0 Å². The van der Waals surface area contributed by atoms with Gasteiger partial charge >= 0.3 is 0 Å². The summed E-state index contributed by atoms with van der Waals surface area (Å²) in [6.45, 7) is 4.69. The molecule has 0 bridgehead atoms. The summed E-state index contributed by atoms with van der Waals surface area (Å²) in [5.41, 5.74) is 0. The SMILES string of the molecule is CCSC1CCC(NCC2CCCN2)C1. The molecule has 2 aliphatic rings. The molecular formula is C12H24N2S. The molecule has 1 saturated heterocycles. The van der Waals surface area contributed by atoms with Crippen LogP contribution >= 0.6 is 11.8 Å². The van der Waals surface area contributed by atoms with Crippen LogP contribution in [0.15, 0.2) is 0 Å². The van der Waals surface area contributed by atoms with Gasteiger partial charge in [0.05, 0.1) is 0 Å². The van der Waals surface area contributed by atoms with E-state index in [0.717, 1.165) is 17.3 Å². The predicted octanol–water partition coefficient (Wildman–Crippen LogP) is 2.00. The van der Waals surface area contributed by atoms with E-state index in [4.69, 9.17) is 0 Å². The molecule has 88 valence electrons. The van der Waals surface area contributed by atoms with E-state index in [9.17, 15) is 0 Å². The molecule has 3 unspecified atom stereocenters. The molecule has 15 heavy (non-hydrogen) atoms. The maximum Gasteiger partial charge on any atom is 0.0193 e. The maximum absolute atomic E-state index is 3.74. The Morgan fingerprint density at radius 1 is 1.33 bits per heavy atom. The van der Waals surface area contributed by atoms with Crippen molar-refractivity contribution in [2.75, 3.05) is 18.8 Å². The first-order valence-corrected chi connectivity index (χ1v) is 7.51. The number of thioether (sulfide) groups is 1. The van der Waals surface area contributed by atoms with E-state index in [0.29, 0.717) is 0 Å². The van der Waals surface area contributed by atoms with E-state index in [-0.39, 0.29) is 0 Å². The fraction of sp³-hybridized carbons (Fsp3) is 1.00. The molecule has 2 nitrogen and oxygen atoms in total. The van der Waals surface area contributed by atoms with Crippen LogP contribution in [0.5, 0.6) is 0 Å². The predicted molar refractivity (Wildman–Crippen MR) is 68.6 cm³/mol. The molecule has 0 aromatic heterocycles. The van der Waals surface area contributed by atoms with Gasteiger partial charge in [-0.1, -0.05) is 6.92 Å². The van der Waals surface area contributed by atoms with Gasteiger partial charge in [-0.25, -0.2) is 0 Å². The van der Waals surface area contributed by atoms with Crippen LogP contribution in [0.4, 0.5) is 0 Å². The Bertz CT molecular complexity index is 180. The lowest BCUT2D eigenvalue weighted by molar-refractivity contribution is 0.466. The summed E-state index contributed by atoms with van der Waals surface area (Å²) in [6, 6.07) is 1.55. The second-order valence-corrected chi connectivity index (χ2v) is 6.37. The molecule has 1 aliphatic heterocycles. The average molecular weight is 228 g/mol. The second-order valence-electron chi connectivity index (χ2n) is 4.79. The van der Waals surface area contributed by atoms with Crippen LogP contribution in [0.2, 0.25) is 0 Å². The molecule has 0 amide bonds. The zero-order valence-corrected chi connectivity index (χ0v) is 10.6. The summed E-state index contributed by atoms with van der Waals surface area (Å²) < 4.78 is 0. The van der Waals surface area contributed by atoms with Crippen molar-refractivity contribution in [1.82, 2.24) is 10.6 Å². The van der Waals surface area contributed by atoms with E-state index in [1.165, 1.54) is 50.9 Å². The molecular weight excluding hydrogens is 204 g/mol. The summed E-state index contributed by atoms with van der Waals surface area (Å²) in [5, 5.41) is 8.22. The smallest absolute Gasteiger partial charge is 0.0193 e. The quantitative estimate of drug-likeness (QED) is 0.752. The third-order valence-electron chi connectivity index (χ3n) is 3.60. The van der Waals surface area contributed by atoms with Crippen LogP contribution in [-0.4, -0.2) is 36.2 Å².